The first-order valence-corrected chi connectivity index (χ1v) is 6.30. The number of carbonyl (C=O) groups excluding carboxylic acids is 1. The second-order valence-corrected chi connectivity index (χ2v) is 4.90. The van der Waals surface area contributed by atoms with E-state index >= 15 is 0 Å². The van der Waals surface area contributed by atoms with Gasteiger partial charge >= 0.3 is 6.18 Å². The molecule has 0 amide bonds. The average molecular weight is 274 g/mol. The lowest BCUT2D eigenvalue weighted by Gasteiger charge is -2.22. The van der Waals surface area contributed by atoms with E-state index in [0.29, 0.717) is 5.56 Å². The molecule has 1 aliphatic rings. The van der Waals surface area contributed by atoms with Gasteiger partial charge in [-0.15, -0.1) is 0 Å². The fraction of sp³-hybridized carbons (Fsp3) is 0.500. The third-order valence-electron chi connectivity index (χ3n) is 3.57. The van der Waals surface area contributed by atoms with Gasteiger partial charge in [-0.25, -0.2) is 4.39 Å². The molecule has 1 fully saturated rings. The molecular weight excluding hydrogens is 260 g/mol. The molecule has 0 spiro atoms. The van der Waals surface area contributed by atoms with Gasteiger partial charge in [0.15, 0.2) is 0 Å². The molecule has 0 atom stereocenters. The molecule has 0 aliphatic heterocycles. The number of Topliss-reactive ketones (excluding diaryl/α,β-unsaturated/α-hetero) is 1. The van der Waals surface area contributed by atoms with Gasteiger partial charge < -0.3 is 0 Å². The fourth-order valence-corrected chi connectivity index (χ4v) is 2.56. The Morgan fingerprint density at radius 2 is 1.74 bits per heavy atom. The number of hydrogen-bond acceptors (Lipinski definition) is 1. The van der Waals surface area contributed by atoms with Gasteiger partial charge in [-0.1, -0.05) is 25.3 Å². The molecule has 19 heavy (non-hydrogen) atoms. The maximum Gasteiger partial charge on any atom is 0.454 e. The van der Waals surface area contributed by atoms with E-state index in [4.69, 9.17) is 0 Å². The minimum atomic E-state index is -5.04. The van der Waals surface area contributed by atoms with Gasteiger partial charge in [0, 0.05) is 0 Å². The summed E-state index contributed by atoms with van der Waals surface area (Å²) in [5.41, 5.74) is -0.232. The lowest BCUT2D eigenvalue weighted by molar-refractivity contribution is -0.0887. The van der Waals surface area contributed by atoms with E-state index in [1.807, 2.05) is 0 Å². The van der Waals surface area contributed by atoms with Crippen molar-refractivity contribution in [3.63, 3.8) is 0 Å². The van der Waals surface area contributed by atoms with Crippen molar-refractivity contribution < 1.29 is 22.4 Å². The predicted octanol–water partition coefficient (Wildman–Crippen LogP) is 4.62. The number of carbonyl (C=O) groups is 1. The maximum atomic E-state index is 13.4. The molecule has 1 nitrogen and oxygen atoms in total. The van der Waals surface area contributed by atoms with Gasteiger partial charge in [-0.05, 0) is 36.5 Å². The Kier molecular flexibility index (Phi) is 3.92. The van der Waals surface area contributed by atoms with E-state index in [-0.39, 0.29) is 5.92 Å². The highest BCUT2D eigenvalue weighted by atomic mass is 19.4. The van der Waals surface area contributed by atoms with Crippen LogP contribution in [0.4, 0.5) is 17.6 Å². The Labute approximate surface area is 108 Å². The van der Waals surface area contributed by atoms with E-state index in [9.17, 15) is 22.4 Å². The molecular formula is C14H14F4O. The summed E-state index contributed by atoms with van der Waals surface area (Å²) in [7, 11) is 0. The van der Waals surface area contributed by atoms with Gasteiger partial charge in [0.05, 0.1) is 5.56 Å². The molecule has 0 unspecified atom stereocenters. The zero-order valence-corrected chi connectivity index (χ0v) is 10.3. The Bertz CT molecular complexity index is 473. The van der Waals surface area contributed by atoms with Crippen LogP contribution in [-0.4, -0.2) is 12.0 Å². The van der Waals surface area contributed by atoms with E-state index in [2.05, 4.69) is 0 Å². The maximum absolute atomic E-state index is 13.4. The van der Waals surface area contributed by atoms with Crippen LogP contribution in [0.25, 0.3) is 0 Å². The number of ketones is 1. The lowest BCUT2D eigenvalue weighted by atomic mass is 9.83. The largest absolute Gasteiger partial charge is 0.454 e. The van der Waals surface area contributed by atoms with Gasteiger partial charge in [0.25, 0.3) is 5.78 Å². The topological polar surface area (TPSA) is 17.1 Å². The van der Waals surface area contributed by atoms with Crippen molar-refractivity contribution in [3.8, 4) is 0 Å². The van der Waals surface area contributed by atoms with Crippen LogP contribution in [0.3, 0.4) is 0 Å². The molecule has 1 aliphatic carbocycles. The number of benzene rings is 1. The Morgan fingerprint density at radius 1 is 1.11 bits per heavy atom. The summed E-state index contributed by atoms with van der Waals surface area (Å²) in [6.45, 7) is 0. The van der Waals surface area contributed by atoms with E-state index in [0.717, 1.165) is 44.2 Å². The zero-order valence-electron chi connectivity index (χ0n) is 10.3. The van der Waals surface area contributed by atoms with Crippen LogP contribution in [-0.2, 0) is 0 Å². The summed E-state index contributed by atoms with van der Waals surface area (Å²) >= 11 is 0. The first-order chi connectivity index (χ1) is 8.89. The summed E-state index contributed by atoms with van der Waals surface area (Å²) in [4.78, 5) is 11.2. The molecule has 104 valence electrons. The molecule has 0 bridgehead atoms. The number of hydrogen-bond donors (Lipinski definition) is 0. The first-order valence-electron chi connectivity index (χ1n) is 6.30. The monoisotopic (exact) mass is 274 g/mol. The van der Waals surface area contributed by atoms with Crippen molar-refractivity contribution >= 4 is 5.78 Å². The third-order valence-corrected chi connectivity index (χ3v) is 3.57. The molecule has 1 aromatic carbocycles. The number of rotatable bonds is 2. The van der Waals surface area contributed by atoms with Crippen LogP contribution in [0.15, 0.2) is 18.2 Å². The van der Waals surface area contributed by atoms with Crippen molar-refractivity contribution in [1.82, 2.24) is 0 Å². The fourth-order valence-electron chi connectivity index (χ4n) is 2.56. The van der Waals surface area contributed by atoms with Gasteiger partial charge in [0.2, 0.25) is 0 Å². The van der Waals surface area contributed by atoms with E-state index in [1.54, 1.807) is 0 Å². The number of alkyl halides is 3. The van der Waals surface area contributed by atoms with Gasteiger partial charge in [-0.3, -0.25) is 4.79 Å². The van der Waals surface area contributed by atoms with Crippen molar-refractivity contribution in [2.45, 2.75) is 44.2 Å². The lowest BCUT2D eigenvalue weighted by Crippen LogP contribution is -2.24. The average Bonchev–Trinajstić information content (AvgIpc) is 2.38. The zero-order chi connectivity index (χ0) is 14.0. The Balaban J connectivity index is 2.31. The Hall–Kier alpha value is -1.39. The van der Waals surface area contributed by atoms with Gasteiger partial charge in [-0.2, -0.15) is 13.2 Å². The van der Waals surface area contributed by atoms with Gasteiger partial charge in [0.1, 0.15) is 5.82 Å². The molecule has 2 rings (SSSR count). The van der Waals surface area contributed by atoms with Crippen molar-refractivity contribution in [2.24, 2.45) is 0 Å². The predicted molar refractivity (Wildman–Crippen MR) is 62.6 cm³/mol. The standard InChI is InChI=1S/C14H14F4O/c15-12-7-6-10(9-4-2-1-3-5-9)8-11(12)13(19)14(16,17)18/h6-9H,1-5H2. The summed E-state index contributed by atoms with van der Waals surface area (Å²) in [5, 5.41) is 0. The highest BCUT2D eigenvalue weighted by Crippen LogP contribution is 2.34. The van der Waals surface area contributed by atoms with Crippen LogP contribution < -0.4 is 0 Å². The minimum Gasteiger partial charge on any atom is -0.284 e. The highest BCUT2D eigenvalue weighted by molar-refractivity contribution is 6.00. The molecule has 5 heteroatoms. The molecule has 0 aromatic heterocycles. The minimum absolute atomic E-state index is 0.133. The normalized spacial score (nSPS) is 17.5. The molecule has 1 aromatic rings. The van der Waals surface area contributed by atoms with Crippen LogP contribution >= 0.6 is 0 Å². The number of halogens is 4. The first kappa shape index (κ1) is 14.0. The second kappa shape index (κ2) is 5.31. The molecule has 0 heterocycles. The quantitative estimate of drug-likeness (QED) is 0.568. The van der Waals surface area contributed by atoms with Crippen LogP contribution in [0, 0.1) is 5.82 Å². The highest BCUT2D eigenvalue weighted by Gasteiger charge is 2.40. The molecule has 0 N–H and O–H groups in total. The van der Waals surface area contributed by atoms with E-state index < -0.39 is 23.3 Å². The molecule has 1 saturated carbocycles. The summed E-state index contributed by atoms with van der Waals surface area (Å²) < 4.78 is 50.5. The second-order valence-electron chi connectivity index (χ2n) is 4.90. The SMILES string of the molecule is O=C(c1cc(C2CCCCC2)ccc1F)C(F)(F)F. The van der Waals surface area contributed by atoms with Crippen molar-refractivity contribution in [3.05, 3.63) is 35.1 Å². The van der Waals surface area contributed by atoms with Crippen molar-refractivity contribution in [1.29, 1.82) is 0 Å². The van der Waals surface area contributed by atoms with Crippen LogP contribution in [0.1, 0.15) is 53.9 Å². The smallest absolute Gasteiger partial charge is 0.284 e. The summed E-state index contributed by atoms with van der Waals surface area (Å²) in [5.74, 6) is -3.08. The third kappa shape index (κ3) is 3.14. The van der Waals surface area contributed by atoms with Crippen LogP contribution in [0.2, 0.25) is 0 Å². The van der Waals surface area contributed by atoms with Crippen LogP contribution in [0.5, 0.6) is 0 Å². The Morgan fingerprint density at radius 3 is 2.32 bits per heavy atom. The molecule has 0 radical (unpaired) electrons. The molecule has 0 saturated heterocycles. The summed E-state index contributed by atoms with van der Waals surface area (Å²) in [6, 6.07) is 3.52. The van der Waals surface area contributed by atoms with Crippen molar-refractivity contribution in [2.75, 3.05) is 0 Å². The summed E-state index contributed by atoms with van der Waals surface area (Å²) in [6.07, 6.45) is -0.121. The van der Waals surface area contributed by atoms with E-state index in [1.165, 1.54) is 6.07 Å².